The van der Waals surface area contributed by atoms with E-state index in [-0.39, 0.29) is 6.79 Å². The average Bonchev–Trinajstić information content (AvgIpc) is 2.94. The summed E-state index contributed by atoms with van der Waals surface area (Å²) in [6.07, 6.45) is 0. The van der Waals surface area contributed by atoms with E-state index in [2.05, 4.69) is 5.32 Å². The van der Waals surface area contributed by atoms with Crippen molar-refractivity contribution in [2.75, 3.05) is 12.1 Å². The Morgan fingerprint density at radius 1 is 1.14 bits per heavy atom. The number of nitrogens with one attached hydrogen (secondary N) is 1. The number of rotatable bonds is 3. The Kier molecular flexibility index (Phi) is 3.78. The molecule has 3 rings (SSSR count). The number of halogens is 2. The number of nitriles is 1. The minimum absolute atomic E-state index is 0.192. The minimum atomic E-state index is 0.192. The van der Waals surface area contributed by atoms with Crippen LogP contribution in [0.1, 0.15) is 11.1 Å². The summed E-state index contributed by atoms with van der Waals surface area (Å²) in [5, 5.41) is 13.0. The van der Waals surface area contributed by atoms with E-state index < -0.39 is 0 Å². The van der Waals surface area contributed by atoms with Gasteiger partial charge in [-0.2, -0.15) is 5.26 Å². The molecule has 0 saturated carbocycles. The Hall–Kier alpha value is -2.09. The van der Waals surface area contributed by atoms with Gasteiger partial charge in [-0.05, 0) is 35.9 Å². The van der Waals surface area contributed by atoms with E-state index in [1.807, 2.05) is 18.2 Å². The van der Waals surface area contributed by atoms with Gasteiger partial charge in [0.1, 0.15) is 6.07 Å². The third-order valence-corrected chi connectivity index (χ3v) is 3.67. The molecule has 0 aliphatic carbocycles. The van der Waals surface area contributed by atoms with Gasteiger partial charge >= 0.3 is 0 Å². The number of hydrogen-bond donors (Lipinski definition) is 1. The van der Waals surface area contributed by atoms with Gasteiger partial charge in [-0.1, -0.05) is 23.2 Å². The van der Waals surface area contributed by atoms with E-state index in [0.29, 0.717) is 33.7 Å². The summed E-state index contributed by atoms with van der Waals surface area (Å²) in [7, 11) is 0. The van der Waals surface area contributed by atoms with Gasteiger partial charge < -0.3 is 14.8 Å². The number of fused-ring (bicyclic) bond motifs is 1. The second-order valence-electron chi connectivity index (χ2n) is 4.47. The molecule has 2 aromatic carbocycles. The summed E-state index contributed by atoms with van der Waals surface area (Å²) in [5.41, 5.74) is 2.24. The number of anilines is 1. The molecule has 0 atom stereocenters. The van der Waals surface area contributed by atoms with Crippen LogP contribution in [0.2, 0.25) is 10.0 Å². The topological polar surface area (TPSA) is 54.3 Å². The fourth-order valence-electron chi connectivity index (χ4n) is 2.04. The van der Waals surface area contributed by atoms with Crippen molar-refractivity contribution in [3.8, 4) is 17.6 Å². The fourth-order valence-corrected chi connectivity index (χ4v) is 2.55. The second kappa shape index (κ2) is 5.72. The molecule has 0 amide bonds. The van der Waals surface area contributed by atoms with Gasteiger partial charge in [0.2, 0.25) is 6.79 Å². The predicted octanol–water partition coefficient (Wildman–Crippen LogP) is 4.21. The molecule has 1 heterocycles. The van der Waals surface area contributed by atoms with E-state index >= 15 is 0 Å². The highest BCUT2D eigenvalue weighted by Crippen LogP contribution is 2.39. The summed E-state index contributed by atoms with van der Waals surface area (Å²) in [6, 6.07) is 10.9. The monoisotopic (exact) mass is 320 g/mol. The first kappa shape index (κ1) is 13.9. The standard InChI is InChI=1S/C15H10Cl2N2O2/c16-12-5-11(2-1-10(12)6-18)19-7-9-3-13(17)15-14(4-9)20-8-21-15/h1-5,19H,7-8H2. The minimum Gasteiger partial charge on any atom is -0.454 e. The maximum Gasteiger partial charge on any atom is 0.231 e. The summed E-state index contributed by atoms with van der Waals surface area (Å²) in [5.74, 6) is 1.24. The predicted molar refractivity (Wildman–Crippen MR) is 81.1 cm³/mol. The Balaban J connectivity index is 1.75. The summed E-state index contributed by atoms with van der Waals surface area (Å²) < 4.78 is 10.6. The molecule has 0 radical (unpaired) electrons. The highest BCUT2D eigenvalue weighted by atomic mass is 35.5. The fraction of sp³-hybridized carbons (Fsp3) is 0.133. The number of nitrogens with zero attached hydrogens (tertiary/aromatic N) is 1. The van der Waals surface area contributed by atoms with Crippen LogP contribution >= 0.6 is 23.2 Å². The van der Waals surface area contributed by atoms with Crippen LogP contribution in [0.4, 0.5) is 5.69 Å². The van der Waals surface area contributed by atoms with Gasteiger partial charge in [0.05, 0.1) is 15.6 Å². The quantitative estimate of drug-likeness (QED) is 0.920. The average molecular weight is 321 g/mol. The van der Waals surface area contributed by atoms with Crippen molar-refractivity contribution in [3.05, 3.63) is 51.5 Å². The molecule has 106 valence electrons. The molecule has 1 N–H and O–H groups in total. The van der Waals surface area contributed by atoms with Crippen LogP contribution in [0.5, 0.6) is 11.5 Å². The number of benzene rings is 2. The van der Waals surface area contributed by atoms with E-state index in [1.54, 1.807) is 18.2 Å². The van der Waals surface area contributed by atoms with Crippen molar-refractivity contribution in [2.24, 2.45) is 0 Å². The lowest BCUT2D eigenvalue weighted by molar-refractivity contribution is 0.174. The van der Waals surface area contributed by atoms with Gasteiger partial charge in [0, 0.05) is 12.2 Å². The van der Waals surface area contributed by atoms with Crippen LogP contribution in [0.15, 0.2) is 30.3 Å². The highest BCUT2D eigenvalue weighted by molar-refractivity contribution is 6.32. The molecule has 1 aliphatic heterocycles. The molecule has 1 aliphatic rings. The van der Waals surface area contributed by atoms with Crippen molar-refractivity contribution in [1.29, 1.82) is 5.26 Å². The summed E-state index contributed by atoms with van der Waals surface area (Å²) >= 11 is 12.1. The Labute approximate surface area is 131 Å². The molecule has 0 fully saturated rings. The molecule has 0 aromatic heterocycles. The number of ether oxygens (including phenoxy) is 2. The van der Waals surface area contributed by atoms with Crippen molar-refractivity contribution in [3.63, 3.8) is 0 Å². The van der Waals surface area contributed by atoms with Crippen molar-refractivity contribution in [2.45, 2.75) is 6.54 Å². The molecular formula is C15H10Cl2N2O2. The maximum absolute atomic E-state index is 8.84. The van der Waals surface area contributed by atoms with Crippen molar-refractivity contribution in [1.82, 2.24) is 0 Å². The molecule has 2 aromatic rings. The zero-order chi connectivity index (χ0) is 14.8. The Bertz CT molecular complexity index is 741. The SMILES string of the molecule is N#Cc1ccc(NCc2cc(Cl)c3c(c2)OCO3)cc1Cl. The van der Waals surface area contributed by atoms with E-state index in [1.165, 1.54) is 0 Å². The lowest BCUT2D eigenvalue weighted by Crippen LogP contribution is -1.99. The Morgan fingerprint density at radius 2 is 2.00 bits per heavy atom. The van der Waals surface area contributed by atoms with Gasteiger partial charge in [0.15, 0.2) is 11.5 Å². The molecular weight excluding hydrogens is 311 g/mol. The maximum atomic E-state index is 8.84. The molecule has 21 heavy (non-hydrogen) atoms. The van der Waals surface area contributed by atoms with Crippen LogP contribution in [0.3, 0.4) is 0 Å². The first-order valence-corrected chi connectivity index (χ1v) is 6.94. The van der Waals surface area contributed by atoms with Crippen LogP contribution in [0, 0.1) is 11.3 Å². The van der Waals surface area contributed by atoms with E-state index in [9.17, 15) is 0 Å². The van der Waals surface area contributed by atoms with E-state index in [4.69, 9.17) is 37.9 Å². The van der Waals surface area contributed by atoms with Crippen molar-refractivity contribution >= 4 is 28.9 Å². The van der Waals surface area contributed by atoms with Crippen molar-refractivity contribution < 1.29 is 9.47 Å². The second-order valence-corrected chi connectivity index (χ2v) is 5.29. The lowest BCUT2D eigenvalue weighted by atomic mass is 10.2. The molecule has 0 unspecified atom stereocenters. The van der Waals surface area contributed by atoms with Crippen LogP contribution in [0.25, 0.3) is 0 Å². The third-order valence-electron chi connectivity index (χ3n) is 3.07. The van der Waals surface area contributed by atoms with Gasteiger partial charge in [0.25, 0.3) is 0 Å². The highest BCUT2D eigenvalue weighted by Gasteiger charge is 2.18. The zero-order valence-corrected chi connectivity index (χ0v) is 12.3. The molecule has 0 saturated heterocycles. The Morgan fingerprint density at radius 3 is 2.76 bits per heavy atom. The molecule has 0 bridgehead atoms. The van der Waals surface area contributed by atoms with Gasteiger partial charge in [-0.15, -0.1) is 0 Å². The zero-order valence-electron chi connectivity index (χ0n) is 10.8. The van der Waals surface area contributed by atoms with Gasteiger partial charge in [-0.3, -0.25) is 0 Å². The largest absolute Gasteiger partial charge is 0.454 e. The lowest BCUT2D eigenvalue weighted by Gasteiger charge is -2.09. The van der Waals surface area contributed by atoms with Gasteiger partial charge in [-0.25, -0.2) is 0 Å². The normalized spacial score (nSPS) is 12.0. The molecule has 0 spiro atoms. The smallest absolute Gasteiger partial charge is 0.231 e. The third kappa shape index (κ3) is 2.85. The van der Waals surface area contributed by atoms with Crippen LogP contribution in [-0.2, 0) is 6.54 Å². The summed E-state index contributed by atoms with van der Waals surface area (Å²) in [6.45, 7) is 0.746. The molecule has 4 nitrogen and oxygen atoms in total. The van der Waals surface area contributed by atoms with Crippen LogP contribution < -0.4 is 14.8 Å². The van der Waals surface area contributed by atoms with E-state index in [0.717, 1.165) is 11.3 Å². The first-order chi connectivity index (χ1) is 10.2. The number of hydrogen-bond acceptors (Lipinski definition) is 4. The van der Waals surface area contributed by atoms with Crippen LogP contribution in [-0.4, -0.2) is 6.79 Å². The first-order valence-electron chi connectivity index (χ1n) is 6.19. The summed E-state index contributed by atoms with van der Waals surface area (Å²) in [4.78, 5) is 0. The molecule has 6 heteroatoms.